The summed E-state index contributed by atoms with van der Waals surface area (Å²) in [5.74, 6) is -0.229. The summed E-state index contributed by atoms with van der Waals surface area (Å²) in [6.45, 7) is 1.60. The number of nitrogens with zero attached hydrogens (tertiary/aromatic N) is 1. The van der Waals surface area contributed by atoms with E-state index in [2.05, 4.69) is 56.3 Å². The Morgan fingerprint density at radius 3 is 2.67 bits per heavy atom. The van der Waals surface area contributed by atoms with Gasteiger partial charge in [0.2, 0.25) is 0 Å². The number of halogens is 2. The first-order valence-corrected chi connectivity index (χ1v) is 7.63. The fourth-order valence-corrected chi connectivity index (χ4v) is 2.96. The Kier molecular flexibility index (Phi) is 4.08. The minimum absolute atomic E-state index is 0.229. The average molecular weight is 347 g/mol. The molecule has 0 aliphatic heterocycles. The van der Waals surface area contributed by atoms with Crippen molar-refractivity contribution in [3.05, 3.63) is 70.1 Å². The zero-order chi connectivity index (χ0) is 14.8. The Morgan fingerprint density at radius 1 is 1.10 bits per heavy atom. The van der Waals surface area contributed by atoms with Crippen LogP contribution in [-0.2, 0) is 13.1 Å². The fraction of sp³-hybridized carbons (Fsp3) is 0.176. The van der Waals surface area contributed by atoms with Gasteiger partial charge >= 0.3 is 0 Å². The van der Waals surface area contributed by atoms with Gasteiger partial charge in [0.1, 0.15) is 5.82 Å². The molecule has 0 aliphatic carbocycles. The third kappa shape index (κ3) is 3.01. The van der Waals surface area contributed by atoms with E-state index in [1.807, 2.05) is 19.2 Å². The Balaban J connectivity index is 1.91. The molecule has 0 spiro atoms. The highest BCUT2D eigenvalue weighted by Crippen LogP contribution is 2.21. The van der Waals surface area contributed by atoms with Crippen molar-refractivity contribution in [1.82, 2.24) is 9.88 Å². The third-order valence-corrected chi connectivity index (χ3v) is 4.16. The van der Waals surface area contributed by atoms with Gasteiger partial charge in [-0.3, -0.25) is 0 Å². The normalized spacial score (nSPS) is 11.2. The zero-order valence-electron chi connectivity index (χ0n) is 11.7. The lowest BCUT2D eigenvalue weighted by atomic mass is 10.1. The molecule has 2 aromatic carbocycles. The lowest BCUT2D eigenvalue weighted by Gasteiger charge is -2.07. The van der Waals surface area contributed by atoms with Gasteiger partial charge in [-0.2, -0.15) is 0 Å². The van der Waals surface area contributed by atoms with Gasteiger partial charge in [-0.15, -0.1) is 0 Å². The zero-order valence-corrected chi connectivity index (χ0v) is 13.3. The van der Waals surface area contributed by atoms with Crippen molar-refractivity contribution in [2.24, 2.45) is 0 Å². The topological polar surface area (TPSA) is 17.0 Å². The molecule has 0 fully saturated rings. The van der Waals surface area contributed by atoms with Crippen LogP contribution >= 0.6 is 15.9 Å². The van der Waals surface area contributed by atoms with E-state index < -0.39 is 0 Å². The van der Waals surface area contributed by atoms with Crippen LogP contribution in [0.15, 0.2) is 53.1 Å². The van der Waals surface area contributed by atoms with Crippen molar-refractivity contribution < 1.29 is 4.39 Å². The molecule has 1 aromatic heterocycles. The van der Waals surface area contributed by atoms with Crippen molar-refractivity contribution in [3.63, 3.8) is 0 Å². The lowest BCUT2D eigenvalue weighted by molar-refractivity contribution is 0.619. The van der Waals surface area contributed by atoms with Crippen LogP contribution in [-0.4, -0.2) is 11.6 Å². The third-order valence-electron chi connectivity index (χ3n) is 3.55. The smallest absolute Gasteiger partial charge is 0.137 e. The number of aromatic nitrogens is 1. The maximum atomic E-state index is 13.3. The Bertz CT molecular complexity index is 780. The first-order chi connectivity index (χ1) is 10.2. The van der Waals surface area contributed by atoms with Crippen LogP contribution in [0.3, 0.4) is 0 Å². The molecule has 0 aliphatic rings. The van der Waals surface area contributed by atoms with Crippen molar-refractivity contribution >= 4 is 26.8 Å². The van der Waals surface area contributed by atoms with Gasteiger partial charge in [0, 0.05) is 24.8 Å². The van der Waals surface area contributed by atoms with E-state index in [0.29, 0.717) is 4.47 Å². The quantitative estimate of drug-likeness (QED) is 0.744. The summed E-state index contributed by atoms with van der Waals surface area (Å²) in [4.78, 5) is 0. The van der Waals surface area contributed by atoms with E-state index in [1.54, 1.807) is 0 Å². The number of benzene rings is 2. The first kappa shape index (κ1) is 14.3. The molecule has 0 radical (unpaired) electrons. The van der Waals surface area contributed by atoms with Crippen molar-refractivity contribution in [1.29, 1.82) is 0 Å². The summed E-state index contributed by atoms with van der Waals surface area (Å²) in [6.07, 6.45) is 2.07. The summed E-state index contributed by atoms with van der Waals surface area (Å²) in [5.41, 5.74) is 3.53. The number of rotatable bonds is 4. The van der Waals surface area contributed by atoms with E-state index in [0.717, 1.165) is 18.7 Å². The molecule has 3 aromatic rings. The molecule has 3 rings (SSSR count). The SMILES string of the molecule is CNCc1ccc2c(ccn2Cc2ccc(F)c(Br)c2)c1. The summed E-state index contributed by atoms with van der Waals surface area (Å²) in [7, 11) is 1.95. The second kappa shape index (κ2) is 6.00. The van der Waals surface area contributed by atoms with Gasteiger partial charge in [0.25, 0.3) is 0 Å². The fourth-order valence-electron chi connectivity index (χ4n) is 2.54. The molecule has 0 unspecified atom stereocenters. The van der Waals surface area contributed by atoms with Crippen LogP contribution in [0.25, 0.3) is 10.9 Å². The van der Waals surface area contributed by atoms with Gasteiger partial charge in [-0.1, -0.05) is 12.1 Å². The van der Waals surface area contributed by atoms with Crippen LogP contribution in [0.1, 0.15) is 11.1 Å². The molecule has 1 N–H and O–H groups in total. The maximum Gasteiger partial charge on any atom is 0.137 e. The Hall–Kier alpha value is -1.65. The Morgan fingerprint density at radius 2 is 1.90 bits per heavy atom. The number of fused-ring (bicyclic) bond motifs is 1. The van der Waals surface area contributed by atoms with Crippen LogP contribution in [0.5, 0.6) is 0 Å². The Labute approximate surface area is 131 Å². The van der Waals surface area contributed by atoms with E-state index in [9.17, 15) is 4.39 Å². The number of nitrogens with one attached hydrogen (secondary N) is 1. The largest absolute Gasteiger partial charge is 0.343 e. The number of hydrogen-bond donors (Lipinski definition) is 1. The molecule has 1 heterocycles. The maximum absolute atomic E-state index is 13.3. The second-order valence-corrected chi connectivity index (χ2v) is 5.97. The van der Waals surface area contributed by atoms with Crippen molar-refractivity contribution in [2.75, 3.05) is 7.05 Å². The predicted molar refractivity (Wildman–Crippen MR) is 87.9 cm³/mol. The molecular weight excluding hydrogens is 331 g/mol. The first-order valence-electron chi connectivity index (χ1n) is 6.83. The van der Waals surface area contributed by atoms with Gasteiger partial charge in [0.15, 0.2) is 0 Å². The lowest BCUT2D eigenvalue weighted by Crippen LogP contribution is -2.04. The summed E-state index contributed by atoms with van der Waals surface area (Å²) in [5, 5.41) is 4.39. The molecular formula is C17H16BrFN2. The molecule has 0 saturated carbocycles. The molecule has 108 valence electrons. The second-order valence-electron chi connectivity index (χ2n) is 5.12. The average Bonchev–Trinajstić information content (AvgIpc) is 2.86. The van der Waals surface area contributed by atoms with Gasteiger partial charge in [-0.05, 0) is 69.8 Å². The standard InChI is InChI=1S/C17H16BrFN2/c1-20-10-12-3-5-17-14(8-12)6-7-21(17)11-13-2-4-16(19)15(18)9-13/h2-9,20H,10-11H2,1H3. The van der Waals surface area contributed by atoms with E-state index in [1.165, 1.54) is 22.5 Å². The van der Waals surface area contributed by atoms with Gasteiger partial charge < -0.3 is 9.88 Å². The molecule has 21 heavy (non-hydrogen) atoms. The van der Waals surface area contributed by atoms with Crippen LogP contribution < -0.4 is 5.32 Å². The monoisotopic (exact) mass is 346 g/mol. The highest BCUT2D eigenvalue weighted by Gasteiger charge is 2.05. The molecule has 2 nitrogen and oxygen atoms in total. The summed E-state index contributed by atoms with van der Waals surface area (Å²) in [6, 6.07) is 13.7. The molecule has 4 heteroatoms. The molecule has 0 amide bonds. The van der Waals surface area contributed by atoms with Crippen LogP contribution in [0.2, 0.25) is 0 Å². The van der Waals surface area contributed by atoms with E-state index in [-0.39, 0.29) is 5.82 Å². The molecule has 0 saturated heterocycles. The van der Waals surface area contributed by atoms with E-state index in [4.69, 9.17) is 0 Å². The molecule has 0 bridgehead atoms. The summed E-state index contributed by atoms with van der Waals surface area (Å²) >= 11 is 3.24. The van der Waals surface area contributed by atoms with Gasteiger partial charge in [-0.25, -0.2) is 4.39 Å². The highest BCUT2D eigenvalue weighted by atomic mass is 79.9. The minimum atomic E-state index is -0.229. The minimum Gasteiger partial charge on any atom is -0.343 e. The van der Waals surface area contributed by atoms with Crippen molar-refractivity contribution in [3.8, 4) is 0 Å². The predicted octanol–water partition coefficient (Wildman–Crippen LogP) is 4.31. The van der Waals surface area contributed by atoms with Gasteiger partial charge in [0.05, 0.1) is 4.47 Å². The van der Waals surface area contributed by atoms with Crippen molar-refractivity contribution in [2.45, 2.75) is 13.1 Å². The van der Waals surface area contributed by atoms with E-state index >= 15 is 0 Å². The number of hydrogen-bond acceptors (Lipinski definition) is 1. The summed E-state index contributed by atoms with van der Waals surface area (Å²) < 4.78 is 16.0. The van der Waals surface area contributed by atoms with Crippen LogP contribution in [0.4, 0.5) is 4.39 Å². The highest BCUT2D eigenvalue weighted by molar-refractivity contribution is 9.10. The molecule has 0 atom stereocenters. The van der Waals surface area contributed by atoms with Crippen LogP contribution in [0, 0.1) is 5.82 Å².